The minimum absolute atomic E-state index is 0.696. The third-order valence-corrected chi connectivity index (χ3v) is 3.27. The Morgan fingerprint density at radius 2 is 2.26 bits per heavy atom. The van der Waals surface area contributed by atoms with Crippen molar-refractivity contribution in [1.82, 2.24) is 4.98 Å². The summed E-state index contributed by atoms with van der Waals surface area (Å²) in [7, 11) is 1.97. The van der Waals surface area contributed by atoms with E-state index in [2.05, 4.69) is 9.88 Å². The standard InChI is InChI=1S/C14H14N2O2S/c1-16(8-12-9-19-10-15-12)13-5-3-2-4-11(13)6-7-14(17)18/h2-7,9-10H,8H2,1H3,(H,17,18)/b7-6+. The van der Waals surface area contributed by atoms with Crippen molar-refractivity contribution in [2.24, 2.45) is 0 Å². The second-order valence-corrected chi connectivity index (χ2v) is 4.78. The fourth-order valence-corrected chi connectivity index (χ4v) is 2.33. The van der Waals surface area contributed by atoms with Crippen molar-refractivity contribution in [1.29, 1.82) is 0 Å². The van der Waals surface area contributed by atoms with Gasteiger partial charge in [-0.05, 0) is 17.7 Å². The molecular formula is C14H14N2O2S. The van der Waals surface area contributed by atoms with Crippen molar-refractivity contribution in [3.63, 3.8) is 0 Å². The summed E-state index contributed by atoms with van der Waals surface area (Å²) in [6, 6.07) is 7.69. The van der Waals surface area contributed by atoms with E-state index in [4.69, 9.17) is 5.11 Å². The number of rotatable bonds is 5. The molecule has 98 valence electrons. The predicted octanol–water partition coefficient (Wildman–Crippen LogP) is 2.88. The fourth-order valence-electron chi connectivity index (χ4n) is 1.78. The highest BCUT2D eigenvalue weighted by molar-refractivity contribution is 7.07. The Balaban J connectivity index is 2.21. The summed E-state index contributed by atoms with van der Waals surface area (Å²) in [5, 5.41) is 10.7. The van der Waals surface area contributed by atoms with Crippen molar-refractivity contribution >= 4 is 29.1 Å². The van der Waals surface area contributed by atoms with Crippen LogP contribution in [0.3, 0.4) is 0 Å². The third kappa shape index (κ3) is 3.66. The molecule has 4 nitrogen and oxygen atoms in total. The molecule has 2 rings (SSSR count). The van der Waals surface area contributed by atoms with Crippen LogP contribution in [0.5, 0.6) is 0 Å². The van der Waals surface area contributed by atoms with E-state index in [0.29, 0.717) is 6.54 Å². The zero-order chi connectivity index (χ0) is 13.7. The van der Waals surface area contributed by atoms with Gasteiger partial charge in [0.25, 0.3) is 0 Å². The van der Waals surface area contributed by atoms with Gasteiger partial charge in [-0.15, -0.1) is 11.3 Å². The van der Waals surface area contributed by atoms with E-state index >= 15 is 0 Å². The van der Waals surface area contributed by atoms with E-state index in [1.54, 1.807) is 22.9 Å². The minimum atomic E-state index is -0.947. The molecule has 1 N–H and O–H groups in total. The lowest BCUT2D eigenvalue weighted by Crippen LogP contribution is -2.17. The molecule has 0 saturated carbocycles. The molecule has 19 heavy (non-hydrogen) atoms. The Bertz CT molecular complexity index is 579. The highest BCUT2D eigenvalue weighted by Crippen LogP contribution is 2.22. The van der Waals surface area contributed by atoms with Crippen LogP contribution >= 0.6 is 11.3 Å². The van der Waals surface area contributed by atoms with Crippen LogP contribution in [0.25, 0.3) is 6.08 Å². The van der Waals surface area contributed by atoms with Crippen LogP contribution < -0.4 is 4.90 Å². The third-order valence-electron chi connectivity index (χ3n) is 2.64. The predicted molar refractivity (Wildman–Crippen MR) is 77.3 cm³/mol. The van der Waals surface area contributed by atoms with Gasteiger partial charge in [-0.3, -0.25) is 0 Å². The van der Waals surface area contributed by atoms with Gasteiger partial charge in [0, 0.05) is 24.2 Å². The van der Waals surface area contributed by atoms with E-state index in [0.717, 1.165) is 23.0 Å². The van der Waals surface area contributed by atoms with E-state index in [-0.39, 0.29) is 0 Å². The van der Waals surface area contributed by atoms with Gasteiger partial charge in [0.15, 0.2) is 0 Å². The second-order valence-electron chi connectivity index (χ2n) is 4.07. The van der Waals surface area contributed by atoms with Crippen molar-refractivity contribution in [2.75, 3.05) is 11.9 Å². The van der Waals surface area contributed by atoms with Gasteiger partial charge in [0.05, 0.1) is 17.7 Å². The highest BCUT2D eigenvalue weighted by atomic mass is 32.1. The summed E-state index contributed by atoms with van der Waals surface area (Å²) in [6.45, 7) is 0.696. The number of nitrogens with zero attached hydrogens (tertiary/aromatic N) is 2. The maximum absolute atomic E-state index is 10.6. The summed E-state index contributed by atoms with van der Waals surface area (Å²) < 4.78 is 0. The van der Waals surface area contributed by atoms with Gasteiger partial charge in [-0.1, -0.05) is 18.2 Å². The molecule has 0 bridgehead atoms. The van der Waals surface area contributed by atoms with E-state index in [1.807, 2.05) is 36.7 Å². The largest absolute Gasteiger partial charge is 0.478 e. The average molecular weight is 274 g/mol. The van der Waals surface area contributed by atoms with Crippen molar-refractivity contribution in [3.05, 3.63) is 52.5 Å². The Morgan fingerprint density at radius 1 is 1.47 bits per heavy atom. The molecule has 0 radical (unpaired) electrons. The topological polar surface area (TPSA) is 53.4 Å². The molecule has 0 fully saturated rings. The Morgan fingerprint density at radius 3 is 2.95 bits per heavy atom. The zero-order valence-corrected chi connectivity index (χ0v) is 11.3. The second kappa shape index (κ2) is 6.15. The van der Waals surface area contributed by atoms with Gasteiger partial charge in [-0.2, -0.15) is 0 Å². The van der Waals surface area contributed by atoms with E-state index < -0.39 is 5.97 Å². The summed E-state index contributed by atoms with van der Waals surface area (Å²) in [5.74, 6) is -0.947. The molecule has 0 unspecified atom stereocenters. The molecule has 1 aromatic heterocycles. The first kappa shape index (κ1) is 13.3. The maximum atomic E-state index is 10.6. The number of carboxylic acid groups (broad SMARTS) is 1. The molecule has 5 heteroatoms. The number of hydrogen-bond acceptors (Lipinski definition) is 4. The SMILES string of the molecule is CN(Cc1cscn1)c1ccccc1/C=C/C(=O)O. The summed E-state index contributed by atoms with van der Waals surface area (Å²) in [6.07, 6.45) is 2.75. The van der Waals surface area contributed by atoms with Crippen LogP contribution in [0, 0.1) is 0 Å². The molecule has 2 aromatic rings. The first-order chi connectivity index (χ1) is 9.16. The number of hydrogen-bond donors (Lipinski definition) is 1. The number of para-hydroxylation sites is 1. The Hall–Kier alpha value is -2.14. The molecule has 1 aromatic carbocycles. The first-order valence-electron chi connectivity index (χ1n) is 5.75. The highest BCUT2D eigenvalue weighted by Gasteiger charge is 2.07. The molecule has 0 spiro atoms. The first-order valence-corrected chi connectivity index (χ1v) is 6.69. The molecule has 0 saturated heterocycles. The van der Waals surface area contributed by atoms with Gasteiger partial charge < -0.3 is 10.0 Å². The summed E-state index contributed by atoms with van der Waals surface area (Å²) >= 11 is 1.57. The van der Waals surface area contributed by atoms with Crippen molar-refractivity contribution in [2.45, 2.75) is 6.54 Å². The monoisotopic (exact) mass is 274 g/mol. The molecule has 0 aliphatic heterocycles. The number of carbonyl (C=O) groups is 1. The quantitative estimate of drug-likeness (QED) is 0.852. The van der Waals surface area contributed by atoms with Gasteiger partial charge >= 0.3 is 5.97 Å². The smallest absolute Gasteiger partial charge is 0.328 e. The Kier molecular flexibility index (Phi) is 4.30. The number of anilines is 1. The van der Waals surface area contributed by atoms with E-state index in [1.165, 1.54) is 0 Å². The van der Waals surface area contributed by atoms with Crippen LogP contribution in [0.2, 0.25) is 0 Å². The molecule has 0 atom stereocenters. The number of benzene rings is 1. The van der Waals surface area contributed by atoms with Crippen LogP contribution in [0.4, 0.5) is 5.69 Å². The number of thiazole rings is 1. The average Bonchev–Trinajstić information content (AvgIpc) is 2.89. The van der Waals surface area contributed by atoms with Crippen LogP contribution in [0.15, 0.2) is 41.2 Å². The van der Waals surface area contributed by atoms with Crippen molar-refractivity contribution in [3.8, 4) is 0 Å². The Labute approximate surface area is 115 Å². The number of aromatic nitrogens is 1. The lowest BCUT2D eigenvalue weighted by Gasteiger charge is -2.20. The molecule has 0 aliphatic rings. The van der Waals surface area contributed by atoms with Crippen LogP contribution in [-0.4, -0.2) is 23.1 Å². The maximum Gasteiger partial charge on any atom is 0.328 e. The van der Waals surface area contributed by atoms with Gasteiger partial charge in [0.1, 0.15) is 0 Å². The van der Waals surface area contributed by atoms with Gasteiger partial charge in [-0.25, -0.2) is 9.78 Å². The van der Waals surface area contributed by atoms with E-state index in [9.17, 15) is 4.79 Å². The lowest BCUT2D eigenvalue weighted by atomic mass is 10.1. The zero-order valence-electron chi connectivity index (χ0n) is 10.5. The summed E-state index contributed by atoms with van der Waals surface area (Å²) in [4.78, 5) is 16.9. The summed E-state index contributed by atoms with van der Waals surface area (Å²) in [5.41, 5.74) is 4.67. The molecular weight excluding hydrogens is 260 g/mol. The number of aliphatic carboxylic acids is 1. The van der Waals surface area contributed by atoms with Gasteiger partial charge in [0.2, 0.25) is 0 Å². The van der Waals surface area contributed by atoms with Crippen LogP contribution in [-0.2, 0) is 11.3 Å². The van der Waals surface area contributed by atoms with Crippen molar-refractivity contribution < 1.29 is 9.90 Å². The normalized spacial score (nSPS) is 10.8. The molecule has 1 heterocycles. The minimum Gasteiger partial charge on any atom is -0.478 e. The molecule has 0 aliphatic carbocycles. The fraction of sp³-hybridized carbons (Fsp3) is 0.143. The lowest BCUT2D eigenvalue weighted by molar-refractivity contribution is -0.131. The van der Waals surface area contributed by atoms with Crippen LogP contribution in [0.1, 0.15) is 11.3 Å². The molecule has 0 amide bonds. The number of carboxylic acids is 1.